The molecule has 1 aromatic rings. The van der Waals surface area contributed by atoms with Crippen molar-refractivity contribution in [1.82, 2.24) is 5.06 Å². The molecule has 5 heteroatoms. The van der Waals surface area contributed by atoms with Crippen molar-refractivity contribution in [2.45, 2.75) is 6.54 Å². The van der Waals surface area contributed by atoms with E-state index in [-0.39, 0.29) is 12.3 Å². The molecule has 0 aliphatic heterocycles. The van der Waals surface area contributed by atoms with E-state index >= 15 is 0 Å². The number of methoxy groups -OCH3 is 1. The predicted molar refractivity (Wildman–Crippen MR) is 55.6 cm³/mol. The Labute approximate surface area is 90.8 Å². The van der Waals surface area contributed by atoms with Gasteiger partial charge in [-0.05, 0) is 22.0 Å². The smallest absolute Gasteiger partial charge is 0.138 e. The zero-order valence-electron chi connectivity index (χ0n) is 7.99. The van der Waals surface area contributed by atoms with Gasteiger partial charge in [-0.25, -0.2) is 0 Å². The number of hydroxylamine groups is 2. The average molecular weight is 262 g/mol. The molecule has 0 aliphatic carbocycles. The number of rotatable bonds is 3. The topological polar surface area (TPSA) is 52.9 Å². The molecule has 1 rings (SSSR count). The van der Waals surface area contributed by atoms with Crippen molar-refractivity contribution in [3.05, 3.63) is 22.2 Å². The summed E-state index contributed by atoms with van der Waals surface area (Å²) in [5, 5.41) is 19.7. The Morgan fingerprint density at radius 2 is 2.14 bits per heavy atom. The molecule has 2 N–H and O–H groups in total. The molecule has 0 radical (unpaired) electrons. The van der Waals surface area contributed by atoms with Gasteiger partial charge in [0.15, 0.2) is 0 Å². The summed E-state index contributed by atoms with van der Waals surface area (Å²) in [7, 11) is 3.04. The molecular formula is C9H12BrNO3. The van der Waals surface area contributed by atoms with Crippen LogP contribution < -0.4 is 4.74 Å². The molecule has 0 aliphatic rings. The van der Waals surface area contributed by atoms with Gasteiger partial charge in [-0.2, -0.15) is 5.06 Å². The van der Waals surface area contributed by atoms with Crippen molar-refractivity contribution in [1.29, 1.82) is 0 Å². The largest absolute Gasteiger partial charge is 0.506 e. The van der Waals surface area contributed by atoms with Gasteiger partial charge in [0.05, 0.1) is 13.7 Å². The first-order valence-electron chi connectivity index (χ1n) is 4.00. The number of nitrogens with zero attached hydrogens (tertiary/aromatic N) is 1. The summed E-state index contributed by atoms with van der Waals surface area (Å²) < 4.78 is 5.50. The zero-order chi connectivity index (χ0) is 10.7. The number of aromatic hydroxyl groups is 1. The average Bonchev–Trinajstić information content (AvgIpc) is 2.13. The molecule has 0 saturated carbocycles. The van der Waals surface area contributed by atoms with Gasteiger partial charge in [0.25, 0.3) is 0 Å². The summed E-state index contributed by atoms with van der Waals surface area (Å²) in [6.07, 6.45) is 0. The maximum Gasteiger partial charge on any atom is 0.138 e. The number of halogens is 1. The first-order valence-corrected chi connectivity index (χ1v) is 4.80. The Morgan fingerprint density at radius 1 is 1.50 bits per heavy atom. The van der Waals surface area contributed by atoms with Crippen LogP contribution in [0.25, 0.3) is 0 Å². The number of ether oxygens (including phenoxy) is 1. The van der Waals surface area contributed by atoms with E-state index in [0.29, 0.717) is 15.8 Å². The van der Waals surface area contributed by atoms with Gasteiger partial charge in [0, 0.05) is 12.6 Å². The zero-order valence-corrected chi connectivity index (χ0v) is 9.58. The first kappa shape index (κ1) is 11.3. The Kier molecular flexibility index (Phi) is 3.74. The van der Waals surface area contributed by atoms with Crippen LogP contribution in [-0.2, 0) is 6.54 Å². The van der Waals surface area contributed by atoms with Gasteiger partial charge < -0.3 is 15.1 Å². The Morgan fingerprint density at radius 3 is 2.64 bits per heavy atom. The van der Waals surface area contributed by atoms with Crippen LogP contribution in [-0.4, -0.2) is 29.5 Å². The van der Waals surface area contributed by atoms with E-state index in [2.05, 4.69) is 15.9 Å². The number of benzene rings is 1. The highest BCUT2D eigenvalue weighted by Gasteiger charge is 2.11. The van der Waals surface area contributed by atoms with E-state index < -0.39 is 0 Å². The fourth-order valence-corrected chi connectivity index (χ4v) is 1.67. The molecule has 1 aromatic carbocycles. The van der Waals surface area contributed by atoms with Gasteiger partial charge in [0.2, 0.25) is 0 Å². The van der Waals surface area contributed by atoms with Gasteiger partial charge in [-0.1, -0.05) is 6.07 Å². The maximum absolute atomic E-state index is 9.69. The van der Waals surface area contributed by atoms with Gasteiger partial charge in [-0.3, -0.25) is 0 Å². The van der Waals surface area contributed by atoms with E-state index in [9.17, 15) is 5.11 Å². The lowest BCUT2D eigenvalue weighted by molar-refractivity contribution is -0.0735. The predicted octanol–water partition coefficient (Wildman–Crippen LogP) is 1.98. The summed E-state index contributed by atoms with van der Waals surface area (Å²) in [5.41, 5.74) is 0.627. The highest BCUT2D eigenvalue weighted by Crippen LogP contribution is 2.36. The third-order valence-corrected chi connectivity index (χ3v) is 2.55. The highest BCUT2D eigenvalue weighted by atomic mass is 79.9. The van der Waals surface area contributed by atoms with Crippen molar-refractivity contribution in [2.24, 2.45) is 0 Å². The second-order valence-electron chi connectivity index (χ2n) is 2.91. The van der Waals surface area contributed by atoms with E-state index in [1.54, 1.807) is 12.1 Å². The minimum atomic E-state index is 0.0882. The molecule has 0 unspecified atom stereocenters. The molecule has 0 spiro atoms. The molecule has 0 amide bonds. The number of phenols is 1. The van der Waals surface area contributed by atoms with Crippen molar-refractivity contribution in [2.75, 3.05) is 14.2 Å². The monoisotopic (exact) mass is 261 g/mol. The normalized spacial score (nSPS) is 10.6. The fraction of sp³-hybridized carbons (Fsp3) is 0.333. The second kappa shape index (κ2) is 4.63. The summed E-state index contributed by atoms with van der Waals surface area (Å²) in [4.78, 5) is 0. The van der Waals surface area contributed by atoms with Crippen molar-refractivity contribution < 1.29 is 15.1 Å². The van der Waals surface area contributed by atoms with Crippen LogP contribution in [0, 0.1) is 0 Å². The molecule has 0 heterocycles. The lowest BCUT2D eigenvalue weighted by Crippen LogP contribution is -2.11. The number of hydrogen-bond acceptors (Lipinski definition) is 4. The Balaban J connectivity index is 3.04. The molecule has 0 bridgehead atoms. The van der Waals surface area contributed by atoms with Crippen LogP contribution in [0.5, 0.6) is 11.5 Å². The van der Waals surface area contributed by atoms with Crippen LogP contribution >= 0.6 is 15.9 Å². The van der Waals surface area contributed by atoms with Crippen LogP contribution in [0.2, 0.25) is 0 Å². The third-order valence-electron chi connectivity index (χ3n) is 1.78. The summed E-state index contributed by atoms with van der Waals surface area (Å²) in [6.45, 7) is 0.258. The number of hydrogen-bond donors (Lipinski definition) is 2. The van der Waals surface area contributed by atoms with E-state index in [1.165, 1.54) is 14.2 Å². The van der Waals surface area contributed by atoms with Crippen molar-refractivity contribution in [3.63, 3.8) is 0 Å². The lowest BCUT2D eigenvalue weighted by Gasteiger charge is -2.12. The Hall–Kier alpha value is -0.780. The summed E-state index contributed by atoms with van der Waals surface area (Å²) >= 11 is 3.21. The molecule has 4 nitrogen and oxygen atoms in total. The molecule has 0 aromatic heterocycles. The third kappa shape index (κ3) is 2.37. The highest BCUT2D eigenvalue weighted by molar-refractivity contribution is 9.10. The minimum Gasteiger partial charge on any atom is -0.506 e. The number of phenolic OH excluding ortho intramolecular Hbond substituents is 1. The van der Waals surface area contributed by atoms with Crippen molar-refractivity contribution >= 4 is 15.9 Å². The standard InChI is InChI=1S/C9H12BrNO3/c1-11(13)5-6-3-4-7(14-2)8(10)9(6)12/h3-4,12-13H,5H2,1-2H3. The minimum absolute atomic E-state index is 0.0882. The second-order valence-corrected chi connectivity index (χ2v) is 3.70. The fourth-order valence-electron chi connectivity index (χ4n) is 1.12. The molecular weight excluding hydrogens is 250 g/mol. The molecule has 78 valence electrons. The van der Waals surface area contributed by atoms with Crippen LogP contribution in [0.4, 0.5) is 0 Å². The summed E-state index contributed by atoms with van der Waals surface area (Å²) in [5.74, 6) is 0.650. The van der Waals surface area contributed by atoms with Crippen LogP contribution in [0.3, 0.4) is 0 Å². The summed E-state index contributed by atoms with van der Waals surface area (Å²) in [6, 6.07) is 3.42. The van der Waals surface area contributed by atoms with E-state index in [1.807, 2.05) is 0 Å². The maximum atomic E-state index is 9.69. The van der Waals surface area contributed by atoms with Gasteiger partial charge in [-0.15, -0.1) is 0 Å². The first-order chi connectivity index (χ1) is 6.56. The van der Waals surface area contributed by atoms with Crippen molar-refractivity contribution in [3.8, 4) is 11.5 Å². The van der Waals surface area contributed by atoms with Crippen LogP contribution in [0.15, 0.2) is 16.6 Å². The molecule has 0 atom stereocenters. The molecule has 14 heavy (non-hydrogen) atoms. The Bertz CT molecular complexity index is 328. The molecule has 0 fully saturated rings. The lowest BCUT2D eigenvalue weighted by atomic mass is 10.2. The van der Waals surface area contributed by atoms with E-state index in [0.717, 1.165) is 5.06 Å². The quantitative estimate of drug-likeness (QED) is 0.818. The van der Waals surface area contributed by atoms with Gasteiger partial charge >= 0.3 is 0 Å². The van der Waals surface area contributed by atoms with E-state index in [4.69, 9.17) is 9.94 Å². The van der Waals surface area contributed by atoms with Gasteiger partial charge in [0.1, 0.15) is 16.0 Å². The molecule has 0 saturated heterocycles. The van der Waals surface area contributed by atoms with Crippen LogP contribution in [0.1, 0.15) is 5.56 Å². The SMILES string of the molecule is COc1ccc(CN(C)O)c(O)c1Br.